The molecule has 1 aliphatic heterocycles. The van der Waals surface area contributed by atoms with E-state index in [1.165, 1.54) is 6.20 Å². The number of halogens is 2. The third-order valence-corrected chi connectivity index (χ3v) is 7.29. The van der Waals surface area contributed by atoms with Crippen molar-refractivity contribution in [3.05, 3.63) is 61.0 Å². The van der Waals surface area contributed by atoms with Gasteiger partial charge in [0.05, 0.1) is 28.2 Å². The lowest BCUT2D eigenvalue weighted by Gasteiger charge is -2.45. The lowest BCUT2D eigenvalue weighted by atomic mass is 10.0. The van der Waals surface area contributed by atoms with Crippen LogP contribution >= 0.6 is 11.6 Å². The Morgan fingerprint density at radius 3 is 2.40 bits per heavy atom. The maximum Gasteiger partial charge on any atom is 0.519 e. The van der Waals surface area contributed by atoms with Crippen LogP contribution in [0.3, 0.4) is 0 Å². The Kier molecular flexibility index (Phi) is 5.76. The molecule has 0 radical (unpaired) electrons. The first kappa shape index (κ1) is 23.6. The highest BCUT2D eigenvalue weighted by Crippen LogP contribution is 2.42. The third-order valence-electron chi connectivity index (χ3n) is 6.93. The molecule has 186 valence electrons. The number of piperazine rings is 1. The molecule has 0 bridgehead atoms. The molecule has 3 aromatic rings. The van der Waals surface area contributed by atoms with E-state index in [2.05, 4.69) is 4.90 Å². The Bertz CT molecular complexity index is 1440. The van der Waals surface area contributed by atoms with Gasteiger partial charge >= 0.3 is 11.8 Å². The van der Waals surface area contributed by atoms with Crippen LogP contribution in [0.4, 0.5) is 10.1 Å². The van der Waals surface area contributed by atoms with E-state index in [1.54, 1.807) is 11.5 Å². The molecule has 3 heterocycles. The molecule has 35 heavy (non-hydrogen) atoms. The van der Waals surface area contributed by atoms with Gasteiger partial charge in [-0.25, -0.2) is 14.0 Å². The predicted octanol–water partition coefficient (Wildman–Crippen LogP) is 3.78. The summed E-state index contributed by atoms with van der Waals surface area (Å²) in [5, 5.41) is 9.54. The molecule has 0 spiro atoms. The number of hydrogen-bond donors (Lipinski definition) is 1. The van der Waals surface area contributed by atoms with E-state index in [0.29, 0.717) is 36.7 Å². The number of nitrogens with zero attached hydrogens (tertiary/aromatic N) is 3. The average Bonchev–Trinajstić information content (AvgIpc) is 3.56. The second-order valence-corrected chi connectivity index (χ2v) is 9.82. The average molecular weight is 506 g/mol. The van der Waals surface area contributed by atoms with Crippen molar-refractivity contribution in [3.8, 4) is 0 Å². The molecule has 1 aliphatic carbocycles. The van der Waals surface area contributed by atoms with E-state index < -0.39 is 28.6 Å². The molecule has 11 heteroatoms. The molecule has 2 unspecified atom stereocenters. The Morgan fingerprint density at radius 1 is 1.20 bits per heavy atom. The van der Waals surface area contributed by atoms with Crippen molar-refractivity contribution in [2.24, 2.45) is 0 Å². The molecule has 1 aromatic carbocycles. The third kappa shape index (κ3) is 4.04. The number of carbonyl (C=O) groups is 1. The summed E-state index contributed by atoms with van der Waals surface area (Å²) >= 11 is 6.78. The van der Waals surface area contributed by atoms with Crippen molar-refractivity contribution in [1.29, 1.82) is 0 Å². The number of carboxylic acids is 1. The van der Waals surface area contributed by atoms with Crippen molar-refractivity contribution in [2.45, 2.75) is 58.3 Å². The van der Waals surface area contributed by atoms with Crippen LogP contribution in [0.5, 0.6) is 0 Å². The predicted molar refractivity (Wildman–Crippen MR) is 127 cm³/mol. The fourth-order valence-electron chi connectivity index (χ4n) is 5.05. The first-order chi connectivity index (χ1) is 16.6. The van der Waals surface area contributed by atoms with Gasteiger partial charge in [-0.2, -0.15) is 0 Å². The van der Waals surface area contributed by atoms with Gasteiger partial charge in [-0.05, 0) is 39.7 Å². The number of hydrogen-bond acceptors (Lipinski definition) is 7. The summed E-state index contributed by atoms with van der Waals surface area (Å²) in [7, 11) is 0. The van der Waals surface area contributed by atoms with Crippen LogP contribution in [0, 0.1) is 12.7 Å². The van der Waals surface area contributed by atoms with Crippen LogP contribution in [-0.2, 0) is 6.54 Å². The summed E-state index contributed by atoms with van der Waals surface area (Å²) in [5.41, 5.74) is -0.593. The van der Waals surface area contributed by atoms with Gasteiger partial charge in [-0.3, -0.25) is 9.69 Å². The molecule has 2 aromatic heterocycles. The molecule has 2 aliphatic rings. The number of anilines is 1. The minimum atomic E-state index is -1.35. The van der Waals surface area contributed by atoms with Crippen molar-refractivity contribution in [3.63, 3.8) is 0 Å². The van der Waals surface area contributed by atoms with E-state index in [4.69, 9.17) is 20.4 Å². The maximum absolute atomic E-state index is 15.5. The number of fused-ring (bicyclic) bond motifs is 1. The van der Waals surface area contributed by atoms with Gasteiger partial charge in [0, 0.05) is 37.4 Å². The zero-order valence-corrected chi connectivity index (χ0v) is 20.3. The number of aromatic carboxylic acids is 1. The van der Waals surface area contributed by atoms with Crippen LogP contribution < -0.4 is 16.2 Å². The first-order valence-electron chi connectivity index (χ1n) is 11.5. The van der Waals surface area contributed by atoms with Gasteiger partial charge in [-0.15, -0.1) is 0 Å². The Labute approximate surface area is 204 Å². The van der Waals surface area contributed by atoms with Crippen LogP contribution in [0.2, 0.25) is 5.02 Å². The van der Waals surface area contributed by atoms with Crippen molar-refractivity contribution in [1.82, 2.24) is 9.47 Å². The summed E-state index contributed by atoms with van der Waals surface area (Å²) in [4.78, 5) is 39.9. The second kappa shape index (κ2) is 8.53. The lowest BCUT2D eigenvalue weighted by Crippen LogP contribution is -2.56. The zero-order valence-electron chi connectivity index (χ0n) is 19.5. The van der Waals surface area contributed by atoms with E-state index in [9.17, 15) is 19.5 Å². The lowest BCUT2D eigenvalue weighted by molar-refractivity contribution is 0.0694. The van der Waals surface area contributed by atoms with Crippen molar-refractivity contribution >= 4 is 34.2 Å². The molecule has 2 atom stereocenters. The highest BCUT2D eigenvalue weighted by atomic mass is 35.5. The number of aryl methyl sites for hydroxylation is 1. The number of pyridine rings is 1. The van der Waals surface area contributed by atoms with Gasteiger partial charge in [0.1, 0.15) is 17.1 Å². The number of rotatable bonds is 5. The van der Waals surface area contributed by atoms with Gasteiger partial charge in [0.15, 0.2) is 5.76 Å². The summed E-state index contributed by atoms with van der Waals surface area (Å²) in [6.45, 7) is 6.90. The molecule has 0 amide bonds. The van der Waals surface area contributed by atoms with E-state index in [0.717, 1.165) is 18.9 Å². The highest BCUT2D eigenvalue weighted by molar-refractivity contribution is 6.38. The van der Waals surface area contributed by atoms with E-state index in [-0.39, 0.29) is 34.2 Å². The molecule has 1 saturated carbocycles. The fraction of sp³-hybridized carbons (Fsp3) is 0.458. The maximum atomic E-state index is 15.5. The summed E-state index contributed by atoms with van der Waals surface area (Å²) in [6.07, 6.45) is 2.98. The summed E-state index contributed by atoms with van der Waals surface area (Å²) in [6, 6.07) is 1.03. The minimum Gasteiger partial charge on any atom is -0.477 e. The molecular formula is C24H25ClFN3O6. The Hall–Kier alpha value is -3.11. The molecular weight excluding hydrogens is 481 g/mol. The molecule has 1 N–H and O–H groups in total. The second-order valence-electron chi connectivity index (χ2n) is 9.44. The molecule has 1 saturated heterocycles. The number of benzene rings is 1. The quantitative estimate of drug-likeness (QED) is 0.558. The van der Waals surface area contributed by atoms with Gasteiger partial charge < -0.3 is 23.4 Å². The largest absolute Gasteiger partial charge is 0.519 e. The van der Waals surface area contributed by atoms with E-state index in [1.807, 2.05) is 18.7 Å². The SMILES string of the molecule is Cc1oc(=O)oc1CN1C(C)CN(c2c(F)cc3c(=O)c(C(=O)O)cn(C4CC4)c3c2Cl)CC1C. The number of carboxylic acid groups (broad SMARTS) is 1. The van der Waals surface area contributed by atoms with Crippen LogP contribution in [0.25, 0.3) is 10.9 Å². The van der Waals surface area contributed by atoms with Crippen LogP contribution in [-0.4, -0.2) is 45.7 Å². The van der Waals surface area contributed by atoms with Gasteiger partial charge in [-0.1, -0.05) is 11.6 Å². The summed E-state index contributed by atoms with van der Waals surface area (Å²) in [5.74, 6) is -1.88. The minimum absolute atomic E-state index is 0.0227. The number of aromatic nitrogens is 1. The van der Waals surface area contributed by atoms with E-state index >= 15 is 4.39 Å². The van der Waals surface area contributed by atoms with Gasteiger partial charge in [0.25, 0.3) is 0 Å². The Morgan fingerprint density at radius 2 is 1.86 bits per heavy atom. The molecule has 9 nitrogen and oxygen atoms in total. The summed E-state index contributed by atoms with van der Waals surface area (Å²) < 4.78 is 27.3. The van der Waals surface area contributed by atoms with Crippen LogP contribution in [0.15, 0.2) is 30.7 Å². The standard InChI is InChI=1S/C24H25ClFN3O6/c1-11-7-27(8-12(2)28(11)10-18-13(3)34-24(33)35-18)21-17(26)6-15-20(19(21)25)29(14-4-5-14)9-16(22(15)30)23(31)32/h6,9,11-12,14H,4-5,7-8,10H2,1-3H3,(H,31,32). The topological polar surface area (TPSA) is 109 Å². The highest BCUT2D eigenvalue weighted by Gasteiger charge is 2.35. The first-order valence-corrected chi connectivity index (χ1v) is 11.8. The smallest absolute Gasteiger partial charge is 0.477 e. The van der Waals surface area contributed by atoms with Crippen LogP contribution in [0.1, 0.15) is 54.6 Å². The molecule has 2 fully saturated rings. The Balaban J connectivity index is 1.54. The van der Waals surface area contributed by atoms with Crippen molar-refractivity contribution in [2.75, 3.05) is 18.0 Å². The fourth-order valence-corrected chi connectivity index (χ4v) is 5.46. The zero-order chi connectivity index (χ0) is 25.2. The van der Waals surface area contributed by atoms with Gasteiger partial charge in [0.2, 0.25) is 5.43 Å². The molecule has 5 rings (SSSR count). The van der Waals surface area contributed by atoms with Crippen molar-refractivity contribution < 1.29 is 23.1 Å². The normalized spacial score (nSPS) is 21.1. The monoisotopic (exact) mass is 505 g/mol.